The topological polar surface area (TPSA) is 83.1 Å². The normalized spacial score (nSPS) is 12.0. The van der Waals surface area contributed by atoms with Crippen molar-refractivity contribution in [3.63, 3.8) is 0 Å². The van der Waals surface area contributed by atoms with E-state index in [-0.39, 0.29) is 0 Å². The summed E-state index contributed by atoms with van der Waals surface area (Å²) >= 11 is 0. The van der Waals surface area contributed by atoms with Crippen molar-refractivity contribution in [2.24, 2.45) is 5.41 Å². The molecular formula is C25H52O9. The highest BCUT2D eigenvalue weighted by Crippen LogP contribution is 2.17. The molecular weight excluding hydrogens is 444 g/mol. The van der Waals surface area contributed by atoms with Gasteiger partial charge in [0, 0.05) is 26.4 Å². The van der Waals surface area contributed by atoms with E-state index < -0.39 is 0 Å². The van der Waals surface area contributed by atoms with Crippen LogP contribution in [-0.4, -0.2) is 119 Å². The van der Waals surface area contributed by atoms with Crippen molar-refractivity contribution >= 4 is 0 Å². The molecule has 206 valence electrons. The minimum atomic E-state index is 0.313. The third kappa shape index (κ3) is 31.6. The second-order valence-electron chi connectivity index (χ2n) is 8.76. The van der Waals surface area contributed by atoms with Gasteiger partial charge in [0.1, 0.15) is 0 Å². The van der Waals surface area contributed by atoms with E-state index in [1.807, 2.05) is 6.92 Å². The van der Waals surface area contributed by atoms with Crippen LogP contribution in [0.2, 0.25) is 0 Å². The smallest absolute Gasteiger partial charge is 0.0701 e. The SMILES string of the molecule is CCOCCCOCCOCCOCCOCCOCCOCCOCCOCCC(C)(C)C. The summed E-state index contributed by atoms with van der Waals surface area (Å²) < 4.78 is 49.0. The van der Waals surface area contributed by atoms with Crippen LogP contribution in [0.25, 0.3) is 0 Å². The third-order valence-electron chi connectivity index (χ3n) is 4.38. The molecule has 9 heteroatoms. The third-order valence-corrected chi connectivity index (χ3v) is 4.38. The lowest BCUT2D eigenvalue weighted by molar-refractivity contribution is -0.0238. The summed E-state index contributed by atoms with van der Waals surface area (Å²) in [6, 6.07) is 0. The molecule has 0 heterocycles. The van der Waals surface area contributed by atoms with Crippen LogP contribution in [0.5, 0.6) is 0 Å². The summed E-state index contributed by atoms with van der Waals surface area (Å²) in [5, 5.41) is 0. The Balaban J connectivity index is 3.03. The van der Waals surface area contributed by atoms with Gasteiger partial charge in [0.25, 0.3) is 0 Å². The van der Waals surface area contributed by atoms with Crippen molar-refractivity contribution in [3.8, 4) is 0 Å². The average Bonchev–Trinajstić information content (AvgIpc) is 2.80. The predicted molar refractivity (Wildman–Crippen MR) is 132 cm³/mol. The van der Waals surface area contributed by atoms with Crippen LogP contribution in [0.15, 0.2) is 0 Å². The summed E-state index contributed by atoms with van der Waals surface area (Å²) in [5.74, 6) is 0. The molecule has 0 N–H and O–H groups in total. The van der Waals surface area contributed by atoms with Crippen molar-refractivity contribution in [1.29, 1.82) is 0 Å². The number of hydrogen-bond acceptors (Lipinski definition) is 9. The fourth-order valence-corrected chi connectivity index (χ4v) is 2.43. The molecule has 0 bridgehead atoms. The van der Waals surface area contributed by atoms with Crippen molar-refractivity contribution in [2.75, 3.05) is 119 Å². The number of ether oxygens (including phenoxy) is 9. The minimum Gasteiger partial charge on any atom is -0.382 e. The molecule has 0 aliphatic carbocycles. The second kappa shape index (κ2) is 27.2. The number of rotatable bonds is 28. The molecule has 0 saturated carbocycles. The maximum Gasteiger partial charge on any atom is 0.0701 e. The van der Waals surface area contributed by atoms with Crippen LogP contribution in [0.4, 0.5) is 0 Å². The maximum absolute atomic E-state index is 5.54. The first-order valence-electron chi connectivity index (χ1n) is 12.8. The molecule has 0 spiro atoms. The van der Waals surface area contributed by atoms with Gasteiger partial charge in [-0.15, -0.1) is 0 Å². The molecule has 0 rings (SSSR count). The summed E-state index contributed by atoms with van der Waals surface area (Å²) in [6.45, 7) is 19.5. The quantitative estimate of drug-likeness (QED) is 0.152. The van der Waals surface area contributed by atoms with Crippen molar-refractivity contribution in [3.05, 3.63) is 0 Å². The van der Waals surface area contributed by atoms with E-state index in [2.05, 4.69) is 20.8 Å². The van der Waals surface area contributed by atoms with Gasteiger partial charge in [-0.2, -0.15) is 0 Å². The molecule has 0 aromatic rings. The lowest BCUT2D eigenvalue weighted by atomic mass is 9.93. The molecule has 0 atom stereocenters. The molecule has 0 aliphatic rings. The van der Waals surface area contributed by atoms with Crippen LogP contribution >= 0.6 is 0 Å². The Hall–Kier alpha value is -0.360. The van der Waals surface area contributed by atoms with E-state index in [0.717, 1.165) is 32.7 Å². The standard InChI is InChI=1S/C25H52O9/c1-5-26-8-6-9-27-11-13-29-15-17-31-19-21-33-23-24-34-22-20-32-18-16-30-14-12-28-10-7-25(2,3)4/h5-24H2,1-4H3. The Labute approximate surface area is 208 Å². The first kappa shape index (κ1) is 33.6. The Bertz CT molecular complexity index is 378. The lowest BCUT2D eigenvalue weighted by Gasteiger charge is -2.17. The van der Waals surface area contributed by atoms with Gasteiger partial charge >= 0.3 is 0 Å². The summed E-state index contributed by atoms with van der Waals surface area (Å²) in [7, 11) is 0. The van der Waals surface area contributed by atoms with Crippen molar-refractivity contribution < 1.29 is 42.6 Å². The highest BCUT2D eigenvalue weighted by atomic mass is 16.6. The molecule has 0 saturated heterocycles. The molecule has 0 radical (unpaired) electrons. The maximum atomic E-state index is 5.54. The van der Waals surface area contributed by atoms with Gasteiger partial charge in [-0.05, 0) is 25.2 Å². The van der Waals surface area contributed by atoms with Gasteiger partial charge in [0.15, 0.2) is 0 Å². The molecule has 0 unspecified atom stereocenters. The van der Waals surface area contributed by atoms with E-state index in [1.165, 1.54) is 0 Å². The van der Waals surface area contributed by atoms with Gasteiger partial charge in [-0.3, -0.25) is 0 Å². The van der Waals surface area contributed by atoms with Crippen LogP contribution < -0.4 is 0 Å². The fraction of sp³-hybridized carbons (Fsp3) is 1.00. The zero-order valence-electron chi connectivity index (χ0n) is 22.3. The van der Waals surface area contributed by atoms with Gasteiger partial charge in [-0.25, -0.2) is 0 Å². The molecule has 0 aromatic heterocycles. The van der Waals surface area contributed by atoms with E-state index >= 15 is 0 Å². The molecule has 0 amide bonds. The minimum absolute atomic E-state index is 0.313. The first-order chi connectivity index (χ1) is 16.6. The zero-order chi connectivity index (χ0) is 25.0. The van der Waals surface area contributed by atoms with Crippen LogP contribution in [0.1, 0.15) is 40.5 Å². The largest absolute Gasteiger partial charge is 0.382 e. The fourth-order valence-electron chi connectivity index (χ4n) is 2.43. The Morgan fingerprint density at radius 2 is 0.618 bits per heavy atom. The molecule has 9 nitrogen and oxygen atoms in total. The highest BCUT2D eigenvalue weighted by Gasteiger charge is 2.08. The summed E-state index contributed by atoms with van der Waals surface area (Å²) in [5.41, 5.74) is 0.313. The summed E-state index contributed by atoms with van der Waals surface area (Å²) in [6.07, 6.45) is 1.97. The monoisotopic (exact) mass is 496 g/mol. The van der Waals surface area contributed by atoms with E-state index in [9.17, 15) is 0 Å². The second-order valence-corrected chi connectivity index (χ2v) is 8.76. The van der Waals surface area contributed by atoms with Gasteiger partial charge in [0.2, 0.25) is 0 Å². The Morgan fingerprint density at radius 1 is 0.353 bits per heavy atom. The Kier molecular flexibility index (Phi) is 26.9. The number of hydrogen-bond donors (Lipinski definition) is 0. The van der Waals surface area contributed by atoms with Gasteiger partial charge < -0.3 is 42.6 Å². The average molecular weight is 497 g/mol. The molecule has 0 aromatic carbocycles. The Morgan fingerprint density at radius 3 is 0.912 bits per heavy atom. The zero-order valence-corrected chi connectivity index (χ0v) is 22.3. The van der Waals surface area contributed by atoms with Crippen LogP contribution in [-0.2, 0) is 42.6 Å². The van der Waals surface area contributed by atoms with E-state index in [0.29, 0.717) is 105 Å². The molecule has 0 fully saturated rings. The van der Waals surface area contributed by atoms with E-state index in [4.69, 9.17) is 42.6 Å². The first-order valence-corrected chi connectivity index (χ1v) is 12.8. The molecule has 0 aliphatic heterocycles. The van der Waals surface area contributed by atoms with Gasteiger partial charge in [0.05, 0.1) is 92.5 Å². The van der Waals surface area contributed by atoms with Crippen molar-refractivity contribution in [1.82, 2.24) is 0 Å². The highest BCUT2D eigenvalue weighted by molar-refractivity contribution is 4.59. The van der Waals surface area contributed by atoms with Crippen molar-refractivity contribution in [2.45, 2.75) is 40.5 Å². The lowest BCUT2D eigenvalue weighted by Crippen LogP contribution is -2.15. The molecule has 34 heavy (non-hydrogen) atoms. The van der Waals surface area contributed by atoms with Crippen LogP contribution in [0, 0.1) is 5.41 Å². The van der Waals surface area contributed by atoms with Gasteiger partial charge in [-0.1, -0.05) is 20.8 Å². The van der Waals surface area contributed by atoms with E-state index in [1.54, 1.807) is 0 Å². The van der Waals surface area contributed by atoms with Crippen LogP contribution in [0.3, 0.4) is 0 Å². The summed E-state index contributed by atoms with van der Waals surface area (Å²) in [4.78, 5) is 0. The predicted octanol–water partition coefficient (Wildman–Crippen LogP) is 2.98.